The largest absolute Gasteiger partial charge is 0.323 e. The summed E-state index contributed by atoms with van der Waals surface area (Å²) in [6.07, 6.45) is 11.5. The van der Waals surface area contributed by atoms with E-state index in [0.29, 0.717) is 18.8 Å². The van der Waals surface area contributed by atoms with Crippen LogP contribution in [0.4, 0.5) is 5.69 Å². The first-order valence-corrected chi connectivity index (χ1v) is 11.8. The molecule has 0 aliphatic rings. The van der Waals surface area contributed by atoms with E-state index >= 15 is 0 Å². The minimum Gasteiger partial charge on any atom is -0.323 e. The lowest BCUT2D eigenvalue weighted by atomic mass is 10.0. The second kappa shape index (κ2) is 10.1. The molecule has 1 aromatic carbocycles. The Bertz CT molecular complexity index is 1170. The molecule has 0 fully saturated rings. The Morgan fingerprint density at radius 3 is 2.61 bits per heavy atom. The maximum absolute atomic E-state index is 12.3. The minimum absolute atomic E-state index is 0.104. The number of pyridine rings is 1. The van der Waals surface area contributed by atoms with Crippen molar-refractivity contribution in [3.63, 3.8) is 0 Å². The number of carbonyl (C=O) groups is 1. The van der Waals surface area contributed by atoms with Crippen LogP contribution < -0.4 is 10.6 Å². The van der Waals surface area contributed by atoms with Crippen LogP contribution in [0, 0.1) is 0 Å². The number of benzene rings is 1. The summed E-state index contributed by atoms with van der Waals surface area (Å²) in [5.41, 5.74) is 4.39. The number of carbonyl (C=O) groups excluding carboxylic acids is 1. The highest BCUT2D eigenvalue weighted by Gasteiger charge is 2.06. The fourth-order valence-corrected chi connectivity index (χ4v) is 3.42. The first kappa shape index (κ1) is 22.4. The summed E-state index contributed by atoms with van der Waals surface area (Å²) >= 11 is 0. The number of sulfone groups is 1. The van der Waals surface area contributed by atoms with Crippen molar-refractivity contribution in [3.05, 3.63) is 72.3 Å². The SMILES string of the molecule is Cn1cc(-c2ccncc2/C=C/C(=O)Nc2ccc(CNCCS(C)(=O)=O)cc2)cn1. The van der Waals surface area contributed by atoms with Gasteiger partial charge in [-0.25, -0.2) is 8.42 Å². The molecule has 3 rings (SSSR count). The number of hydrogen-bond donors (Lipinski definition) is 2. The van der Waals surface area contributed by atoms with E-state index in [4.69, 9.17) is 0 Å². The van der Waals surface area contributed by atoms with Crippen LogP contribution in [0.5, 0.6) is 0 Å². The van der Waals surface area contributed by atoms with E-state index in [1.165, 1.54) is 12.3 Å². The van der Waals surface area contributed by atoms with Gasteiger partial charge < -0.3 is 10.6 Å². The van der Waals surface area contributed by atoms with Crippen LogP contribution in [0.2, 0.25) is 0 Å². The summed E-state index contributed by atoms with van der Waals surface area (Å²) in [6, 6.07) is 9.27. The highest BCUT2D eigenvalue weighted by molar-refractivity contribution is 7.90. The van der Waals surface area contributed by atoms with Crippen molar-refractivity contribution in [1.82, 2.24) is 20.1 Å². The van der Waals surface area contributed by atoms with Crippen molar-refractivity contribution < 1.29 is 13.2 Å². The minimum atomic E-state index is -2.97. The Kier molecular flexibility index (Phi) is 7.32. The number of anilines is 1. The van der Waals surface area contributed by atoms with Crippen LogP contribution >= 0.6 is 0 Å². The fraction of sp³-hybridized carbons (Fsp3) is 0.227. The van der Waals surface area contributed by atoms with Gasteiger partial charge in [0, 0.05) is 67.9 Å². The van der Waals surface area contributed by atoms with Crippen molar-refractivity contribution >= 4 is 27.5 Å². The topological polar surface area (TPSA) is 106 Å². The van der Waals surface area contributed by atoms with Gasteiger partial charge in [0.05, 0.1) is 11.9 Å². The van der Waals surface area contributed by atoms with Crippen molar-refractivity contribution in [3.8, 4) is 11.1 Å². The molecule has 8 nitrogen and oxygen atoms in total. The van der Waals surface area contributed by atoms with E-state index in [9.17, 15) is 13.2 Å². The maximum Gasteiger partial charge on any atom is 0.248 e. The molecule has 0 spiro atoms. The molecular weight excluding hydrogens is 414 g/mol. The van der Waals surface area contributed by atoms with Gasteiger partial charge in [0.25, 0.3) is 0 Å². The number of nitrogens with one attached hydrogen (secondary N) is 2. The van der Waals surface area contributed by atoms with Crippen LogP contribution in [-0.4, -0.2) is 47.6 Å². The Morgan fingerprint density at radius 2 is 1.94 bits per heavy atom. The van der Waals surface area contributed by atoms with E-state index in [-0.39, 0.29) is 11.7 Å². The van der Waals surface area contributed by atoms with Crippen LogP contribution in [0.1, 0.15) is 11.1 Å². The predicted molar refractivity (Wildman–Crippen MR) is 122 cm³/mol. The summed E-state index contributed by atoms with van der Waals surface area (Å²) in [5.74, 6) is -0.146. The summed E-state index contributed by atoms with van der Waals surface area (Å²) in [6.45, 7) is 0.958. The molecule has 0 unspecified atom stereocenters. The molecule has 0 aliphatic carbocycles. The molecule has 162 valence electrons. The first-order valence-electron chi connectivity index (χ1n) is 9.70. The van der Waals surface area contributed by atoms with Gasteiger partial charge in [-0.1, -0.05) is 12.1 Å². The Morgan fingerprint density at radius 1 is 1.16 bits per heavy atom. The maximum atomic E-state index is 12.3. The van der Waals surface area contributed by atoms with Crippen LogP contribution in [-0.2, 0) is 28.2 Å². The normalized spacial score (nSPS) is 11.7. The lowest BCUT2D eigenvalue weighted by Crippen LogP contribution is -2.21. The van der Waals surface area contributed by atoms with Crippen LogP contribution in [0.25, 0.3) is 17.2 Å². The van der Waals surface area contributed by atoms with E-state index in [1.54, 1.807) is 29.3 Å². The fourth-order valence-electron chi connectivity index (χ4n) is 2.91. The average molecular weight is 440 g/mol. The summed E-state index contributed by atoms with van der Waals surface area (Å²) in [5, 5.41) is 10.1. The monoisotopic (exact) mass is 439 g/mol. The highest BCUT2D eigenvalue weighted by atomic mass is 32.2. The molecule has 0 radical (unpaired) electrons. The molecule has 0 saturated carbocycles. The van der Waals surface area contributed by atoms with Gasteiger partial charge in [-0.15, -0.1) is 0 Å². The van der Waals surface area contributed by atoms with Gasteiger partial charge in [0.2, 0.25) is 5.91 Å². The molecule has 2 heterocycles. The Balaban J connectivity index is 1.56. The van der Waals surface area contributed by atoms with Gasteiger partial charge in [-0.3, -0.25) is 14.5 Å². The number of amides is 1. The van der Waals surface area contributed by atoms with Crippen molar-refractivity contribution in [2.45, 2.75) is 6.54 Å². The van der Waals surface area contributed by atoms with Crippen LogP contribution in [0.3, 0.4) is 0 Å². The van der Waals surface area contributed by atoms with Crippen LogP contribution in [0.15, 0.2) is 61.2 Å². The lowest BCUT2D eigenvalue weighted by molar-refractivity contribution is -0.111. The molecular formula is C22H25N5O3S. The van der Waals surface area contributed by atoms with Crippen molar-refractivity contribution in [1.29, 1.82) is 0 Å². The average Bonchev–Trinajstić information content (AvgIpc) is 3.16. The summed E-state index contributed by atoms with van der Waals surface area (Å²) in [4.78, 5) is 16.5. The zero-order chi connectivity index (χ0) is 22.3. The molecule has 1 amide bonds. The summed E-state index contributed by atoms with van der Waals surface area (Å²) < 4.78 is 24.0. The second-order valence-electron chi connectivity index (χ2n) is 7.19. The third-order valence-electron chi connectivity index (χ3n) is 4.48. The Hall–Kier alpha value is -3.30. The van der Waals surface area contributed by atoms with E-state index in [1.807, 2.05) is 43.6 Å². The zero-order valence-corrected chi connectivity index (χ0v) is 18.3. The molecule has 0 bridgehead atoms. The molecule has 0 atom stereocenters. The van der Waals surface area contributed by atoms with Crippen molar-refractivity contribution in [2.75, 3.05) is 23.9 Å². The van der Waals surface area contributed by atoms with Crippen molar-refractivity contribution in [2.24, 2.45) is 7.05 Å². The quantitative estimate of drug-likeness (QED) is 0.391. The molecule has 3 aromatic rings. The van der Waals surface area contributed by atoms with Gasteiger partial charge in [0.15, 0.2) is 0 Å². The van der Waals surface area contributed by atoms with Gasteiger partial charge in [-0.05, 0) is 35.4 Å². The number of hydrogen-bond acceptors (Lipinski definition) is 6. The molecule has 2 aromatic heterocycles. The molecule has 2 N–H and O–H groups in total. The smallest absolute Gasteiger partial charge is 0.248 e. The van der Waals surface area contributed by atoms with E-state index in [0.717, 1.165) is 22.3 Å². The third kappa shape index (κ3) is 7.16. The highest BCUT2D eigenvalue weighted by Crippen LogP contribution is 2.23. The zero-order valence-electron chi connectivity index (χ0n) is 17.4. The molecule has 9 heteroatoms. The number of aryl methyl sites for hydroxylation is 1. The van der Waals surface area contributed by atoms with Gasteiger partial charge in [0.1, 0.15) is 9.84 Å². The third-order valence-corrected chi connectivity index (χ3v) is 5.43. The molecule has 31 heavy (non-hydrogen) atoms. The first-order chi connectivity index (χ1) is 14.8. The lowest BCUT2D eigenvalue weighted by Gasteiger charge is -2.07. The van der Waals surface area contributed by atoms with E-state index < -0.39 is 9.84 Å². The van der Waals surface area contributed by atoms with Gasteiger partial charge in [-0.2, -0.15) is 5.10 Å². The van der Waals surface area contributed by atoms with E-state index in [2.05, 4.69) is 20.7 Å². The predicted octanol–water partition coefficient (Wildman–Crippen LogP) is 2.27. The molecule has 0 aliphatic heterocycles. The molecule has 0 saturated heterocycles. The second-order valence-corrected chi connectivity index (χ2v) is 9.45. The Labute approximate surface area is 181 Å². The number of nitrogens with zero attached hydrogens (tertiary/aromatic N) is 3. The van der Waals surface area contributed by atoms with Gasteiger partial charge >= 0.3 is 0 Å². The number of aromatic nitrogens is 3. The number of rotatable bonds is 9. The standard InChI is InChI=1S/C22H25N5O3S/c1-27-16-19(15-25-27)21-9-10-23-14-18(21)5-8-22(28)26-20-6-3-17(4-7-20)13-24-11-12-31(2,29)30/h3-10,14-16,24H,11-13H2,1-2H3,(H,26,28)/b8-5+. The summed E-state index contributed by atoms with van der Waals surface area (Å²) in [7, 11) is -1.11.